The van der Waals surface area contributed by atoms with Crippen molar-refractivity contribution in [1.29, 1.82) is 0 Å². The number of rotatable bonds is 18. The van der Waals surface area contributed by atoms with Gasteiger partial charge in [0.1, 0.15) is 11.0 Å². The number of carbonyl (C=O) groups is 3. The van der Waals surface area contributed by atoms with Crippen LogP contribution in [0.15, 0.2) is 82.8 Å². The lowest BCUT2D eigenvalue weighted by molar-refractivity contribution is -0.124. The maximum absolute atomic E-state index is 13.9. The zero-order valence-electron chi connectivity index (χ0n) is 30.6. The number of ether oxygens (including phenoxy) is 1. The second-order valence-corrected chi connectivity index (χ2v) is 14.9. The number of nitrogens with zero attached hydrogens (tertiary/aromatic N) is 4. The van der Waals surface area contributed by atoms with Crippen LogP contribution in [-0.2, 0) is 42.1 Å². The normalized spacial score (nSPS) is 15.3. The molecule has 0 bridgehead atoms. The van der Waals surface area contributed by atoms with Crippen LogP contribution < -0.4 is 16.0 Å². The molecule has 0 unspecified atom stereocenters. The average molecular weight is 746 g/mol. The first kappa shape index (κ1) is 39.4. The number of nitrogens with one attached hydrogen (secondary N) is 3. The summed E-state index contributed by atoms with van der Waals surface area (Å²) in [5.74, 6) is -0.211. The van der Waals surface area contributed by atoms with Gasteiger partial charge in [-0.3, -0.25) is 9.69 Å². The van der Waals surface area contributed by atoms with E-state index >= 15 is 0 Å². The van der Waals surface area contributed by atoms with Crippen LogP contribution in [0.3, 0.4) is 0 Å². The van der Waals surface area contributed by atoms with Gasteiger partial charge in [0.25, 0.3) is 0 Å². The molecule has 0 spiro atoms. The summed E-state index contributed by atoms with van der Waals surface area (Å²) in [7, 11) is 1.69. The summed E-state index contributed by atoms with van der Waals surface area (Å²) >= 11 is 1.60. The van der Waals surface area contributed by atoms with E-state index in [1.165, 1.54) is 23.9 Å². The first-order valence-corrected chi connectivity index (χ1v) is 19.1. The lowest BCUT2D eigenvalue weighted by Crippen LogP contribution is -2.55. The number of alkyl carbamates (subject to hydrolysis) is 1. The molecule has 5 rings (SSSR count). The van der Waals surface area contributed by atoms with Gasteiger partial charge >= 0.3 is 12.1 Å². The molecule has 2 aromatic heterocycles. The third kappa shape index (κ3) is 12.7. The molecular formula is C39H51N7O6S. The quantitative estimate of drug-likeness (QED) is 0.111. The monoisotopic (exact) mass is 745 g/mol. The Hall–Kier alpha value is -4.79. The van der Waals surface area contributed by atoms with Crippen molar-refractivity contribution in [3.05, 3.63) is 106 Å². The van der Waals surface area contributed by atoms with E-state index in [4.69, 9.17) is 14.2 Å². The van der Waals surface area contributed by atoms with Gasteiger partial charge in [0, 0.05) is 24.5 Å². The molecule has 2 aromatic carbocycles. The van der Waals surface area contributed by atoms with Crippen LogP contribution in [0, 0.1) is 5.92 Å². The number of urea groups is 1. The lowest BCUT2D eigenvalue weighted by atomic mass is 9.93. The second kappa shape index (κ2) is 19.9. The highest BCUT2D eigenvalue weighted by molar-refractivity contribution is 7.09. The van der Waals surface area contributed by atoms with Crippen molar-refractivity contribution in [1.82, 2.24) is 35.9 Å². The number of aromatic nitrogens is 2. The number of amides is 4. The molecule has 4 aromatic rings. The van der Waals surface area contributed by atoms with Crippen LogP contribution in [0.25, 0.3) is 0 Å². The molecule has 0 aliphatic carbocycles. The van der Waals surface area contributed by atoms with Gasteiger partial charge in [-0.15, -0.1) is 11.3 Å². The Balaban J connectivity index is 1.24. The first-order valence-electron chi connectivity index (χ1n) is 18.2. The van der Waals surface area contributed by atoms with Gasteiger partial charge in [0.2, 0.25) is 5.91 Å². The standard InChI is InChI=1S/C39H51N7O6S/c1-27(2)36(44-38(49)45(3)23-31-26-53-35(41-31)24-46-18-10-11-19-46)37(48)42-30(20-28-12-6-4-7-13-28)22-34(47)33(21-29-14-8-5-9-15-29)43-39(50)51-25-32-16-17-40-52-32/h4-9,12-17,26-27,30,33-34,36,47H,10-11,18-25H2,1-3H3,(H,42,48)(H,43,50)(H,44,49)/t30-,33-,34-,36-/m0/s1. The van der Waals surface area contributed by atoms with E-state index in [1.807, 2.05) is 79.9 Å². The van der Waals surface area contributed by atoms with Crippen molar-refractivity contribution >= 4 is 29.4 Å². The summed E-state index contributed by atoms with van der Waals surface area (Å²) in [6.45, 7) is 6.95. The summed E-state index contributed by atoms with van der Waals surface area (Å²) in [4.78, 5) is 48.9. The molecule has 4 amide bonds. The summed E-state index contributed by atoms with van der Waals surface area (Å²) in [6, 6.07) is 18.3. The Morgan fingerprint density at radius 1 is 0.962 bits per heavy atom. The fourth-order valence-corrected chi connectivity index (χ4v) is 7.18. The third-order valence-electron chi connectivity index (χ3n) is 9.23. The smallest absolute Gasteiger partial charge is 0.407 e. The molecule has 4 atom stereocenters. The van der Waals surface area contributed by atoms with Gasteiger partial charge < -0.3 is 35.2 Å². The molecule has 13 nitrogen and oxygen atoms in total. The number of likely N-dealkylation sites (tertiary alicyclic amines) is 1. The second-order valence-electron chi connectivity index (χ2n) is 13.9. The number of aliphatic hydroxyl groups excluding tert-OH is 1. The predicted octanol–water partition coefficient (Wildman–Crippen LogP) is 4.91. The minimum absolute atomic E-state index is 0.114. The molecule has 3 heterocycles. The number of hydrogen-bond donors (Lipinski definition) is 4. The molecule has 14 heteroatoms. The number of thiazole rings is 1. The van der Waals surface area contributed by atoms with Crippen LogP contribution >= 0.6 is 11.3 Å². The van der Waals surface area contributed by atoms with Crippen LogP contribution in [0.1, 0.15) is 60.7 Å². The molecule has 1 saturated heterocycles. The van der Waals surface area contributed by atoms with Crippen LogP contribution in [0.2, 0.25) is 0 Å². The molecule has 1 aliphatic heterocycles. The maximum Gasteiger partial charge on any atom is 0.407 e. The summed E-state index contributed by atoms with van der Waals surface area (Å²) < 4.78 is 10.4. The van der Waals surface area contributed by atoms with Gasteiger partial charge in [0.15, 0.2) is 12.4 Å². The van der Waals surface area contributed by atoms with E-state index in [-0.39, 0.29) is 30.9 Å². The minimum atomic E-state index is -1.08. The van der Waals surface area contributed by atoms with E-state index in [2.05, 4.69) is 26.0 Å². The average Bonchev–Trinajstić information content (AvgIpc) is 3.95. The Morgan fingerprint density at radius 2 is 1.64 bits per heavy atom. The molecule has 0 radical (unpaired) electrons. The molecule has 0 saturated carbocycles. The topological polar surface area (TPSA) is 162 Å². The number of aliphatic hydroxyl groups is 1. The summed E-state index contributed by atoms with van der Waals surface area (Å²) in [6.07, 6.45) is 2.94. The number of hydrogen-bond acceptors (Lipinski definition) is 10. The zero-order chi connectivity index (χ0) is 37.6. The van der Waals surface area contributed by atoms with Crippen molar-refractivity contribution in [2.45, 2.75) is 89.9 Å². The fourth-order valence-electron chi connectivity index (χ4n) is 6.36. The molecule has 1 fully saturated rings. The van der Waals surface area contributed by atoms with Gasteiger partial charge in [-0.05, 0) is 62.2 Å². The number of benzene rings is 2. The highest BCUT2D eigenvalue weighted by atomic mass is 32.1. The predicted molar refractivity (Wildman–Crippen MR) is 202 cm³/mol. The zero-order valence-corrected chi connectivity index (χ0v) is 31.5. The molecular weight excluding hydrogens is 695 g/mol. The largest absolute Gasteiger partial charge is 0.441 e. The molecule has 53 heavy (non-hydrogen) atoms. The third-order valence-corrected chi connectivity index (χ3v) is 10.1. The van der Waals surface area contributed by atoms with E-state index < -0.39 is 30.3 Å². The van der Waals surface area contributed by atoms with Crippen molar-refractivity contribution in [3.63, 3.8) is 0 Å². The number of carbonyl (C=O) groups excluding carboxylic acids is 3. The van der Waals surface area contributed by atoms with Crippen molar-refractivity contribution < 1.29 is 28.8 Å². The highest BCUT2D eigenvalue weighted by Gasteiger charge is 2.31. The van der Waals surface area contributed by atoms with E-state index in [9.17, 15) is 19.5 Å². The minimum Gasteiger partial charge on any atom is -0.441 e. The molecule has 1 aliphatic rings. The van der Waals surface area contributed by atoms with E-state index in [0.717, 1.165) is 41.5 Å². The van der Waals surface area contributed by atoms with Crippen molar-refractivity contribution in [3.8, 4) is 0 Å². The Labute approximate surface area is 315 Å². The SMILES string of the molecule is CC(C)[C@H](NC(=O)N(C)Cc1csc(CN2CCCC2)n1)C(=O)N[C@@H](Cc1ccccc1)C[C@H](O)[C@H](Cc1ccccc1)NC(=O)OCc1ccno1. The maximum atomic E-state index is 13.9. The summed E-state index contributed by atoms with van der Waals surface area (Å²) in [5.41, 5.74) is 2.67. The van der Waals surface area contributed by atoms with Gasteiger partial charge in [-0.2, -0.15) is 0 Å². The highest BCUT2D eigenvalue weighted by Crippen LogP contribution is 2.18. The summed E-state index contributed by atoms with van der Waals surface area (Å²) in [5, 5.41) is 27.2. The Morgan fingerprint density at radius 3 is 2.28 bits per heavy atom. The van der Waals surface area contributed by atoms with Gasteiger partial charge in [0.05, 0.1) is 37.1 Å². The Kier molecular flexibility index (Phi) is 14.8. The van der Waals surface area contributed by atoms with Crippen molar-refractivity contribution in [2.75, 3.05) is 20.1 Å². The van der Waals surface area contributed by atoms with Gasteiger partial charge in [-0.25, -0.2) is 14.6 Å². The van der Waals surface area contributed by atoms with E-state index in [0.29, 0.717) is 25.1 Å². The lowest BCUT2D eigenvalue weighted by Gasteiger charge is -2.30. The van der Waals surface area contributed by atoms with Crippen LogP contribution in [-0.4, -0.2) is 87.4 Å². The van der Waals surface area contributed by atoms with Crippen LogP contribution in [0.5, 0.6) is 0 Å². The first-order chi connectivity index (χ1) is 25.6. The van der Waals surface area contributed by atoms with Crippen molar-refractivity contribution in [2.24, 2.45) is 5.92 Å². The molecule has 4 N–H and O–H groups in total. The fraction of sp³-hybridized carbons (Fsp3) is 0.462. The van der Waals surface area contributed by atoms with E-state index in [1.54, 1.807) is 24.5 Å². The molecule has 284 valence electrons. The Bertz CT molecular complexity index is 1700. The van der Waals surface area contributed by atoms with Crippen LogP contribution in [0.4, 0.5) is 9.59 Å². The van der Waals surface area contributed by atoms with Gasteiger partial charge in [-0.1, -0.05) is 79.7 Å².